The molecule has 1 aromatic heterocycles. The summed E-state index contributed by atoms with van der Waals surface area (Å²) in [6.45, 7) is 5.07. The Labute approximate surface area is 101 Å². The van der Waals surface area contributed by atoms with Crippen LogP contribution in [0.5, 0.6) is 0 Å². The van der Waals surface area contributed by atoms with Crippen LogP contribution in [-0.2, 0) is 6.54 Å². The van der Waals surface area contributed by atoms with E-state index in [0.29, 0.717) is 6.04 Å². The standard InChI is InChI=1S/C14H19NO2/c1-10(7-8-16)15-9-13-11(2)17-14-6-4-3-5-12(13)14/h3-6,10,15-16H,7-9H2,1-2H3. The van der Waals surface area contributed by atoms with E-state index in [9.17, 15) is 0 Å². The molecule has 3 nitrogen and oxygen atoms in total. The van der Waals surface area contributed by atoms with E-state index < -0.39 is 0 Å². The minimum Gasteiger partial charge on any atom is -0.461 e. The molecule has 0 saturated heterocycles. The van der Waals surface area contributed by atoms with Crippen molar-refractivity contribution < 1.29 is 9.52 Å². The number of rotatable bonds is 5. The Bertz CT molecular complexity index is 490. The molecule has 0 bridgehead atoms. The summed E-state index contributed by atoms with van der Waals surface area (Å²) in [6.07, 6.45) is 0.773. The number of furan rings is 1. The first-order chi connectivity index (χ1) is 8.22. The van der Waals surface area contributed by atoms with Crippen LogP contribution in [0.1, 0.15) is 24.7 Å². The lowest BCUT2D eigenvalue weighted by Crippen LogP contribution is -2.26. The molecule has 3 heteroatoms. The fraction of sp³-hybridized carbons (Fsp3) is 0.429. The van der Waals surface area contributed by atoms with E-state index in [1.165, 1.54) is 10.9 Å². The van der Waals surface area contributed by atoms with Crippen molar-refractivity contribution in [3.8, 4) is 0 Å². The van der Waals surface area contributed by atoms with Crippen molar-refractivity contribution in [2.75, 3.05) is 6.61 Å². The summed E-state index contributed by atoms with van der Waals surface area (Å²) < 4.78 is 5.70. The molecule has 0 amide bonds. The third kappa shape index (κ3) is 2.68. The quantitative estimate of drug-likeness (QED) is 0.834. The summed E-state index contributed by atoms with van der Waals surface area (Å²) >= 11 is 0. The van der Waals surface area contributed by atoms with E-state index >= 15 is 0 Å². The Hall–Kier alpha value is -1.32. The summed E-state index contributed by atoms with van der Waals surface area (Å²) in [7, 11) is 0. The van der Waals surface area contributed by atoms with E-state index in [4.69, 9.17) is 9.52 Å². The van der Waals surface area contributed by atoms with Gasteiger partial charge in [0, 0.05) is 30.1 Å². The van der Waals surface area contributed by atoms with Crippen LogP contribution < -0.4 is 5.32 Å². The maximum absolute atomic E-state index is 8.86. The zero-order chi connectivity index (χ0) is 12.3. The molecule has 2 rings (SSSR count). The van der Waals surface area contributed by atoms with Gasteiger partial charge in [-0.15, -0.1) is 0 Å². The molecule has 0 aliphatic heterocycles. The van der Waals surface area contributed by atoms with E-state index in [2.05, 4.69) is 18.3 Å². The molecule has 2 aromatic rings. The smallest absolute Gasteiger partial charge is 0.134 e. The molecular formula is C14H19NO2. The van der Waals surface area contributed by atoms with E-state index in [0.717, 1.165) is 24.3 Å². The number of aryl methyl sites for hydroxylation is 1. The monoisotopic (exact) mass is 233 g/mol. The number of benzene rings is 1. The lowest BCUT2D eigenvalue weighted by atomic mass is 10.1. The van der Waals surface area contributed by atoms with Gasteiger partial charge in [-0.25, -0.2) is 0 Å². The van der Waals surface area contributed by atoms with Gasteiger partial charge in [-0.05, 0) is 26.3 Å². The minimum absolute atomic E-state index is 0.222. The zero-order valence-electron chi connectivity index (χ0n) is 10.4. The van der Waals surface area contributed by atoms with Gasteiger partial charge in [0.05, 0.1) is 0 Å². The Morgan fingerprint density at radius 3 is 2.88 bits per heavy atom. The molecule has 1 atom stereocenters. The second-order valence-electron chi connectivity index (χ2n) is 4.43. The summed E-state index contributed by atoms with van der Waals surface area (Å²) in [6, 6.07) is 8.39. The van der Waals surface area contributed by atoms with Crippen molar-refractivity contribution in [2.24, 2.45) is 0 Å². The topological polar surface area (TPSA) is 45.4 Å². The first kappa shape index (κ1) is 12.1. The van der Waals surface area contributed by atoms with Gasteiger partial charge in [0.2, 0.25) is 0 Å². The van der Waals surface area contributed by atoms with Crippen LogP contribution in [0.2, 0.25) is 0 Å². The van der Waals surface area contributed by atoms with Crippen molar-refractivity contribution in [3.63, 3.8) is 0 Å². The van der Waals surface area contributed by atoms with Gasteiger partial charge in [0.15, 0.2) is 0 Å². The van der Waals surface area contributed by atoms with Gasteiger partial charge in [0.1, 0.15) is 11.3 Å². The van der Waals surface area contributed by atoms with Crippen LogP contribution in [0.25, 0.3) is 11.0 Å². The molecule has 0 radical (unpaired) electrons. The fourth-order valence-corrected chi connectivity index (χ4v) is 2.01. The van der Waals surface area contributed by atoms with Crippen molar-refractivity contribution in [3.05, 3.63) is 35.6 Å². The molecule has 0 aliphatic rings. The number of aliphatic hydroxyl groups is 1. The summed E-state index contributed by atoms with van der Waals surface area (Å²) in [5, 5.41) is 13.4. The van der Waals surface area contributed by atoms with Gasteiger partial charge in [-0.2, -0.15) is 0 Å². The van der Waals surface area contributed by atoms with Crippen LogP contribution in [0.4, 0.5) is 0 Å². The zero-order valence-corrected chi connectivity index (χ0v) is 10.4. The van der Waals surface area contributed by atoms with E-state index in [-0.39, 0.29) is 6.61 Å². The lowest BCUT2D eigenvalue weighted by molar-refractivity contribution is 0.268. The molecule has 1 unspecified atom stereocenters. The average Bonchev–Trinajstić information content (AvgIpc) is 2.62. The molecule has 0 fully saturated rings. The van der Waals surface area contributed by atoms with Crippen molar-refractivity contribution in [1.29, 1.82) is 0 Å². The predicted molar refractivity (Wildman–Crippen MR) is 69.0 cm³/mol. The molecule has 17 heavy (non-hydrogen) atoms. The Morgan fingerprint density at radius 2 is 2.12 bits per heavy atom. The third-order valence-corrected chi connectivity index (χ3v) is 3.09. The maximum atomic E-state index is 8.86. The normalized spacial score (nSPS) is 13.1. The molecular weight excluding hydrogens is 214 g/mol. The van der Waals surface area contributed by atoms with Crippen LogP contribution in [0, 0.1) is 6.92 Å². The van der Waals surface area contributed by atoms with Crippen molar-refractivity contribution in [1.82, 2.24) is 5.32 Å². The predicted octanol–water partition coefficient (Wildman–Crippen LogP) is 2.60. The van der Waals surface area contributed by atoms with Gasteiger partial charge in [0.25, 0.3) is 0 Å². The number of nitrogens with one attached hydrogen (secondary N) is 1. The number of para-hydroxylation sites is 1. The molecule has 0 saturated carbocycles. The number of fused-ring (bicyclic) bond motifs is 1. The Morgan fingerprint density at radius 1 is 1.35 bits per heavy atom. The second-order valence-corrected chi connectivity index (χ2v) is 4.43. The maximum Gasteiger partial charge on any atom is 0.134 e. The third-order valence-electron chi connectivity index (χ3n) is 3.09. The first-order valence-corrected chi connectivity index (χ1v) is 6.03. The lowest BCUT2D eigenvalue weighted by Gasteiger charge is -2.11. The number of hydrogen-bond acceptors (Lipinski definition) is 3. The van der Waals surface area contributed by atoms with Crippen LogP contribution in [0.3, 0.4) is 0 Å². The molecule has 0 spiro atoms. The highest BCUT2D eigenvalue weighted by Gasteiger charge is 2.10. The molecule has 2 N–H and O–H groups in total. The number of hydrogen-bond donors (Lipinski definition) is 2. The van der Waals surface area contributed by atoms with Gasteiger partial charge < -0.3 is 14.8 Å². The van der Waals surface area contributed by atoms with E-state index in [1.807, 2.05) is 25.1 Å². The largest absolute Gasteiger partial charge is 0.461 e. The highest BCUT2D eigenvalue weighted by Crippen LogP contribution is 2.24. The highest BCUT2D eigenvalue weighted by atomic mass is 16.3. The summed E-state index contributed by atoms with van der Waals surface area (Å²) in [5.74, 6) is 0.967. The van der Waals surface area contributed by atoms with Crippen LogP contribution in [0.15, 0.2) is 28.7 Å². The Balaban J connectivity index is 2.15. The molecule has 92 valence electrons. The van der Waals surface area contributed by atoms with Gasteiger partial charge >= 0.3 is 0 Å². The van der Waals surface area contributed by atoms with E-state index in [1.54, 1.807) is 0 Å². The fourth-order valence-electron chi connectivity index (χ4n) is 2.01. The number of aliphatic hydroxyl groups excluding tert-OH is 1. The minimum atomic E-state index is 0.222. The van der Waals surface area contributed by atoms with Gasteiger partial charge in [-0.1, -0.05) is 18.2 Å². The van der Waals surface area contributed by atoms with Gasteiger partial charge in [-0.3, -0.25) is 0 Å². The highest BCUT2D eigenvalue weighted by molar-refractivity contribution is 5.82. The summed E-state index contributed by atoms with van der Waals surface area (Å²) in [4.78, 5) is 0. The first-order valence-electron chi connectivity index (χ1n) is 6.03. The van der Waals surface area contributed by atoms with Crippen LogP contribution >= 0.6 is 0 Å². The summed E-state index contributed by atoms with van der Waals surface area (Å²) in [5.41, 5.74) is 2.15. The second kappa shape index (κ2) is 5.34. The van der Waals surface area contributed by atoms with Crippen molar-refractivity contribution >= 4 is 11.0 Å². The van der Waals surface area contributed by atoms with Crippen molar-refractivity contribution in [2.45, 2.75) is 32.9 Å². The molecule has 1 aromatic carbocycles. The average molecular weight is 233 g/mol. The molecule has 1 heterocycles. The Kier molecular flexibility index (Phi) is 3.82. The SMILES string of the molecule is Cc1oc2ccccc2c1CNC(C)CCO. The molecule has 0 aliphatic carbocycles. The van der Waals surface area contributed by atoms with Crippen LogP contribution in [-0.4, -0.2) is 17.8 Å².